The highest BCUT2D eigenvalue weighted by atomic mass is 14.3. The molecule has 0 fully saturated rings. The summed E-state index contributed by atoms with van der Waals surface area (Å²) in [6.45, 7) is 9.19. The van der Waals surface area contributed by atoms with Gasteiger partial charge in [0.1, 0.15) is 0 Å². The predicted octanol–water partition coefficient (Wildman–Crippen LogP) is 5.49. The molecule has 0 aliphatic carbocycles. The van der Waals surface area contributed by atoms with Gasteiger partial charge in [0, 0.05) is 0 Å². The molecule has 0 aliphatic rings. The lowest BCUT2D eigenvalue weighted by molar-refractivity contribution is 0.226. The van der Waals surface area contributed by atoms with Gasteiger partial charge in [-0.3, -0.25) is 0 Å². The highest BCUT2D eigenvalue weighted by Crippen LogP contribution is 2.37. The Labute approximate surface area is 93.0 Å². The van der Waals surface area contributed by atoms with Gasteiger partial charge in [0.25, 0.3) is 0 Å². The normalized spacial score (nSPS) is 12.0. The number of hydrogen-bond donors (Lipinski definition) is 0. The summed E-state index contributed by atoms with van der Waals surface area (Å²) < 4.78 is 0. The van der Waals surface area contributed by atoms with E-state index in [1.54, 1.807) is 0 Å². The maximum atomic E-state index is 2.35. The molecule has 0 aromatic carbocycles. The Balaban J connectivity index is 0. The van der Waals surface area contributed by atoms with Gasteiger partial charge in [0.15, 0.2) is 0 Å². The molecule has 0 heteroatoms. The van der Waals surface area contributed by atoms with E-state index in [2.05, 4.69) is 34.1 Å². The monoisotopic (exact) mass is 198 g/mol. The van der Waals surface area contributed by atoms with Gasteiger partial charge >= 0.3 is 1.43 Å². The second-order valence-corrected chi connectivity index (χ2v) is 4.63. The first-order chi connectivity index (χ1) is 6.74. The van der Waals surface area contributed by atoms with E-state index in [1.165, 1.54) is 51.4 Å². The molecule has 0 saturated carbocycles. The average Bonchev–Trinajstić information content (AvgIpc) is 2.23. The maximum Gasteiger partial charge on any atom is 1.00 e. The highest BCUT2D eigenvalue weighted by molar-refractivity contribution is 4.81. The summed E-state index contributed by atoms with van der Waals surface area (Å²) in [7, 11) is 0. The fraction of sp³-hybridized carbons (Fsp3) is 0.929. The second-order valence-electron chi connectivity index (χ2n) is 4.63. The van der Waals surface area contributed by atoms with Crippen LogP contribution in [0, 0.1) is 11.8 Å². The fourth-order valence-electron chi connectivity index (χ4n) is 2.35. The zero-order chi connectivity index (χ0) is 10.9. The summed E-state index contributed by atoms with van der Waals surface area (Å²) in [6.07, 6.45) is 13.4. The van der Waals surface area contributed by atoms with Crippen LogP contribution in [0.2, 0.25) is 0 Å². The van der Waals surface area contributed by atoms with Crippen LogP contribution in [0.1, 0.15) is 80.5 Å². The lowest BCUT2D eigenvalue weighted by atomic mass is 9.74. The minimum Gasteiger partial charge on any atom is -0.0654 e. The number of hydrogen-bond acceptors (Lipinski definition) is 0. The second kappa shape index (κ2) is 8.32. The van der Waals surface area contributed by atoms with E-state index in [1.807, 2.05) is 0 Å². The van der Waals surface area contributed by atoms with E-state index >= 15 is 0 Å². The van der Waals surface area contributed by atoms with Gasteiger partial charge in [0.05, 0.1) is 0 Å². The first-order valence-electron chi connectivity index (χ1n) is 6.52. The van der Waals surface area contributed by atoms with Crippen LogP contribution in [0.5, 0.6) is 0 Å². The topological polar surface area (TPSA) is 0 Å². The molecule has 0 unspecified atom stereocenters. The molecule has 0 atom stereocenters. The Hall–Kier alpha value is 0. The van der Waals surface area contributed by atoms with Crippen molar-refractivity contribution < 1.29 is 1.43 Å². The minimum absolute atomic E-state index is 0. The fourth-order valence-corrected chi connectivity index (χ4v) is 2.35. The van der Waals surface area contributed by atoms with Crippen LogP contribution in [0.4, 0.5) is 0 Å². The van der Waals surface area contributed by atoms with E-state index in [9.17, 15) is 0 Å². The van der Waals surface area contributed by atoms with Crippen molar-refractivity contribution in [1.29, 1.82) is 0 Å². The van der Waals surface area contributed by atoms with Crippen LogP contribution in [0.3, 0.4) is 0 Å². The number of rotatable bonds is 9. The molecule has 0 N–H and O–H groups in total. The SMILES string of the molecule is C[CH]CC(CC)(CC)CCCCCC.[H+]. The van der Waals surface area contributed by atoms with Crippen molar-refractivity contribution >= 4 is 0 Å². The van der Waals surface area contributed by atoms with Gasteiger partial charge in [-0.1, -0.05) is 66.2 Å². The minimum atomic E-state index is 0. The van der Waals surface area contributed by atoms with Crippen LogP contribution in [0.15, 0.2) is 0 Å². The summed E-state index contributed by atoms with van der Waals surface area (Å²) >= 11 is 0. The summed E-state index contributed by atoms with van der Waals surface area (Å²) in [6, 6.07) is 0. The Morgan fingerprint density at radius 3 is 2.07 bits per heavy atom. The smallest absolute Gasteiger partial charge is 0.0654 e. The molecule has 0 aliphatic heterocycles. The largest absolute Gasteiger partial charge is 1.00 e. The van der Waals surface area contributed by atoms with Gasteiger partial charge in [-0.25, -0.2) is 0 Å². The van der Waals surface area contributed by atoms with E-state index < -0.39 is 0 Å². The standard InChI is InChI=1S/C14H29/c1-5-9-10-11-13-14(7-3,8-4)12-6-2/h6H,5,7-13H2,1-4H3/p+1. The number of unbranched alkanes of at least 4 members (excludes halogenated alkanes) is 3. The molecule has 0 spiro atoms. The van der Waals surface area contributed by atoms with E-state index in [-0.39, 0.29) is 1.43 Å². The summed E-state index contributed by atoms with van der Waals surface area (Å²) in [5.41, 5.74) is 0.627. The molecule has 0 heterocycles. The zero-order valence-corrected chi connectivity index (χ0v) is 10.7. The van der Waals surface area contributed by atoms with Crippen LogP contribution >= 0.6 is 0 Å². The van der Waals surface area contributed by atoms with Gasteiger partial charge in [-0.05, 0) is 24.7 Å². The first kappa shape index (κ1) is 14.0. The van der Waals surface area contributed by atoms with Crippen LogP contribution < -0.4 is 0 Å². The Bertz CT molecular complexity index is 117. The quantitative estimate of drug-likeness (QED) is 0.430. The maximum absolute atomic E-state index is 2.35. The molecule has 0 saturated heterocycles. The van der Waals surface area contributed by atoms with E-state index in [0.29, 0.717) is 5.41 Å². The lowest BCUT2D eigenvalue weighted by Gasteiger charge is -2.31. The lowest BCUT2D eigenvalue weighted by Crippen LogP contribution is -2.18. The van der Waals surface area contributed by atoms with E-state index in [4.69, 9.17) is 0 Å². The van der Waals surface area contributed by atoms with Gasteiger partial charge < -0.3 is 0 Å². The summed E-state index contributed by atoms with van der Waals surface area (Å²) in [5, 5.41) is 0. The third-order valence-electron chi connectivity index (χ3n) is 3.70. The molecule has 14 heavy (non-hydrogen) atoms. The van der Waals surface area contributed by atoms with Crippen molar-refractivity contribution in [2.24, 2.45) is 5.41 Å². The van der Waals surface area contributed by atoms with Crippen molar-refractivity contribution in [1.82, 2.24) is 0 Å². The molecule has 0 amide bonds. The van der Waals surface area contributed by atoms with E-state index in [0.717, 1.165) is 0 Å². The van der Waals surface area contributed by atoms with Gasteiger partial charge in [0.2, 0.25) is 0 Å². The zero-order valence-electron chi connectivity index (χ0n) is 11.7. The Morgan fingerprint density at radius 2 is 1.64 bits per heavy atom. The third-order valence-corrected chi connectivity index (χ3v) is 3.70. The molecular weight excluding hydrogens is 168 g/mol. The highest BCUT2D eigenvalue weighted by Gasteiger charge is 2.23. The third kappa shape index (κ3) is 5.02. The molecule has 1 radical (unpaired) electrons. The van der Waals surface area contributed by atoms with Crippen molar-refractivity contribution in [3.63, 3.8) is 0 Å². The van der Waals surface area contributed by atoms with Gasteiger partial charge in [-0.15, -0.1) is 0 Å². The average molecular weight is 198 g/mol. The van der Waals surface area contributed by atoms with Crippen molar-refractivity contribution in [2.75, 3.05) is 0 Å². The Kier molecular flexibility index (Phi) is 8.32. The molecule has 0 bridgehead atoms. The molecule has 0 rings (SSSR count). The molecule has 0 aromatic heterocycles. The van der Waals surface area contributed by atoms with Crippen LogP contribution in [-0.2, 0) is 0 Å². The van der Waals surface area contributed by atoms with Crippen LogP contribution in [0.25, 0.3) is 0 Å². The first-order valence-corrected chi connectivity index (χ1v) is 6.52. The Morgan fingerprint density at radius 1 is 1.00 bits per heavy atom. The van der Waals surface area contributed by atoms with Crippen LogP contribution in [-0.4, -0.2) is 0 Å². The summed E-state index contributed by atoms with van der Waals surface area (Å²) in [5.74, 6) is 0. The van der Waals surface area contributed by atoms with Crippen molar-refractivity contribution in [2.45, 2.75) is 79.1 Å². The summed E-state index contributed by atoms with van der Waals surface area (Å²) in [4.78, 5) is 0. The van der Waals surface area contributed by atoms with Gasteiger partial charge in [-0.2, -0.15) is 0 Å². The van der Waals surface area contributed by atoms with Crippen molar-refractivity contribution in [3.05, 3.63) is 6.42 Å². The molecule has 0 aromatic rings. The predicted molar refractivity (Wildman–Crippen MR) is 67.5 cm³/mol. The molecule has 0 nitrogen and oxygen atoms in total. The molecular formula is C14H30+. The molecule has 85 valence electrons. The van der Waals surface area contributed by atoms with Crippen molar-refractivity contribution in [3.8, 4) is 0 Å².